The van der Waals surface area contributed by atoms with E-state index in [2.05, 4.69) is 0 Å². The number of amides is 2. The van der Waals surface area contributed by atoms with Crippen LogP contribution in [0.3, 0.4) is 0 Å². The largest absolute Gasteiger partial charge is 0.465 e. The van der Waals surface area contributed by atoms with Gasteiger partial charge in [-0.1, -0.05) is 71.1 Å². The first-order chi connectivity index (χ1) is 16.4. The fraction of sp³-hybridized carbons (Fsp3) is 0.280. The maximum absolute atomic E-state index is 13.7. The maximum atomic E-state index is 13.7. The number of esters is 1. The average Bonchev–Trinajstić information content (AvgIpc) is 3.27. The Morgan fingerprint density at radius 1 is 1.00 bits per heavy atom. The molecule has 0 spiro atoms. The average molecular weight is 495 g/mol. The van der Waals surface area contributed by atoms with Crippen molar-refractivity contribution < 1.29 is 19.1 Å². The molecule has 9 heteroatoms. The van der Waals surface area contributed by atoms with Crippen LogP contribution >= 0.6 is 23.1 Å². The molecule has 5 rings (SSSR count). The van der Waals surface area contributed by atoms with Gasteiger partial charge in [0.1, 0.15) is 11.8 Å². The minimum atomic E-state index is -0.700. The molecule has 2 aromatic carbocycles. The number of aryl methyl sites for hydroxylation is 1. The van der Waals surface area contributed by atoms with E-state index < -0.39 is 23.1 Å². The molecule has 0 bridgehead atoms. The van der Waals surface area contributed by atoms with Crippen LogP contribution in [0.15, 0.2) is 64.4 Å². The fourth-order valence-electron chi connectivity index (χ4n) is 4.56. The number of imide groups is 1. The molecule has 0 radical (unpaired) electrons. The van der Waals surface area contributed by atoms with Gasteiger partial charge in [-0.25, -0.2) is 4.90 Å². The minimum absolute atomic E-state index is 0.211. The summed E-state index contributed by atoms with van der Waals surface area (Å²) in [5.74, 6) is -2.21. The summed E-state index contributed by atoms with van der Waals surface area (Å²) in [4.78, 5) is 54.1. The number of aromatic nitrogens is 1. The topological polar surface area (TPSA) is 85.7 Å². The molecule has 1 aromatic heterocycles. The van der Waals surface area contributed by atoms with Gasteiger partial charge in [0.25, 0.3) is 0 Å². The number of hydrogen-bond acceptors (Lipinski definition) is 7. The molecule has 2 aliphatic heterocycles. The Morgan fingerprint density at radius 2 is 1.71 bits per heavy atom. The third-order valence-electron chi connectivity index (χ3n) is 6.09. The van der Waals surface area contributed by atoms with E-state index in [4.69, 9.17) is 4.74 Å². The standard InChI is InChI=1S/C25H22N2O5S2/c1-3-32-17(28)13-26-24-21(34-25(26)31)18(15-7-5-4-6-8-15)19-20(33-24)23(30)27(22(19)29)16-11-9-14(2)10-12-16/h4-12,18-20H,3,13H2,1-2H3/t18-,19-,20+/m0/s1. The molecular weight excluding hydrogens is 472 g/mol. The van der Waals surface area contributed by atoms with E-state index in [9.17, 15) is 19.2 Å². The number of thioether (sulfide) groups is 1. The molecule has 2 aliphatic rings. The van der Waals surface area contributed by atoms with Crippen LogP contribution in [-0.2, 0) is 25.7 Å². The molecule has 1 fully saturated rings. The van der Waals surface area contributed by atoms with Crippen molar-refractivity contribution in [3.8, 4) is 0 Å². The van der Waals surface area contributed by atoms with Crippen LogP contribution in [0.2, 0.25) is 0 Å². The lowest BCUT2D eigenvalue weighted by Crippen LogP contribution is -2.32. The number of carbonyl (C=O) groups is 3. The molecule has 174 valence electrons. The smallest absolute Gasteiger partial charge is 0.326 e. The molecular formula is C25H22N2O5S2. The molecule has 1 saturated heterocycles. The van der Waals surface area contributed by atoms with E-state index in [-0.39, 0.29) is 29.8 Å². The molecule has 7 nitrogen and oxygen atoms in total. The highest BCUT2D eigenvalue weighted by Crippen LogP contribution is 2.53. The molecule has 0 aliphatic carbocycles. The second kappa shape index (κ2) is 8.88. The van der Waals surface area contributed by atoms with Gasteiger partial charge in [-0.3, -0.25) is 23.7 Å². The van der Waals surface area contributed by atoms with E-state index in [1.807, 2.05) is 49.4 Å². The number of ether oxygens (including phenoxy) is 1. The summed E-state index contributed by atoms with van der Waals surface area (Å²) in [6, 6.07) is 16.7. The predicted octanol–water partition coefficient (Wildman–Crippen LogP) is 3.58. The van der Waals surface area contributed by atoms with Crippen molar-refractivity contribution in [1.82, 2.24) is 4.57 Å². The zero-order valence-corrected chi connectivity index (χ0v) is 20.2. The van der Waals surface area contributed by atoms with Crippen LogP contribution in [0.25, 0.3) is 0 Å². The molecule has 34 heavy (non-hydrogen) atoms. The van der Waals surface area contributed by atoms with Crippen LogP contribution in [0.5, 0.6) is 0 Å². The first-order valence-corrected chi connectivity index (χ1v) is 12.7. The predicted molar refractivity (Wildman–Crippen MR) is 130 cm³/mol. The SMILES string of the molecule is CCOC(=O)Cn1c2c(sc1=O)[C@@H](c1ccccc1)[C@@H]1C(=O)N(c3ccc(C)cc3)C(=O)[C@@H]1S2. The number of hydrogen-bond donors (Lipinski definition) is 0. The van der Waals surface area contributed by atoms with Gasteiger partial charge >= 0.3 is 10.8 Å². The summed E-state index contributed by atoms with van der Waals surface area (Å²) >= 11 is 2.23. The van der Waals surface area contributed by atoms with Gasteiger partial charge in [-0.05, 0) is 31.5 Å². The summed E-state index contributed by atoms with van der Waals surface area (Å²) < 4.78 is 6.43. The van der Waals surface area contributed by atoms with Crippen LogP contribution in [0.1, 0.15) is 28.8 Å². The molecule has 3 aromatic rings. The maximum Gasteiger partial charge on any atom is 0.326 e. The van der Waals surface area contributed by atoms with E-state index in [0.29, 0.717) is 15.6 Å². The number of nitrogens with zero attached hydrogens (tertiary/aromatic N) is 2. The third-order valence-corrected chi connectivity index (χ3v) is 8.70. The number of rotatable bonds is 5. The Hall–Kier alpha value is -3.17. The Bertz CT molecular complexity index is 1330. The molecule has 3 heterocycles. The number of carbonyl (C=O) groups excluding carboxylic acids is 3. The first-order valence-electron chi connectivity index (χ1n) is 11.0. The summed E-state index contributed by atoms with van der Waals surface area (Å²) in [5.41, 5.74) is 2.42. The molecule has 0 saturated carbocycles. The van der Waals surface area contributed by atoms with Gasteiger partial charge in [0, 0.05) is 10.8 Å². The highest BCUT2D eigenvalue weighted by atomic mass is 32.2. The third kappa shape index (κ3) is 3.69. The second-order valence-corrected chi connectivity index (χ2v) is 10.4. The Morgan fingerprint density at radius 3 is 2.38 bits per heavy atom. The zero-order valence-electron chi connectivity index (χ0n) is 18.6. The summed E-state index contributed by atoms with van der Waals surface area (Å²) in [6.07, 6.45) is 0. The lowest BCUT2D eigenvalue weighted by Gasteiger charge is -2.30. The number of fused-ring (bicyclic) bond motifs is 2. The van der Waals surface area contributed by atoms with Crippen molar-refractivity contribution in [3.63, 3.8) is 0 Å². The Kier molecular flexibility index (Phi) is 5.91. The van der Waals surface area contributed by atoms with Gasteiger partial charge in [-0.2, -0.15) is 0 Å². The molecule has 0 N–H and O–H groups in total. The van der Waals surface area contributed by atoms with Crippen molar-refractivity contribution in [2.75, 3.05) is 11.5 Å². The molecule has 0 unspecified atom stereocenters. The summed E-state index contributed by atoms with van der Waals surface area (Å²) in [5, 5.41) is -0.140. The van der Waals surface area contributed by atoms with Crippen LogP contribution in [0.4, 0.5) is 5.69 Å². The monoisotopic (exact) mass is 494 g/mol. The molecule has 2 amide bonds. The lowest BCUT2D eigenvalue weighted by molar-refractivity contribution is -0.144. The summed E-state index contributed by atoms with van der Waals surface area (Å²) in [6.45, 7) is 3.63. The number of anilines is 1. The fourth-order valence-corrected chi connectivity index (χ4v) is 7.33. The van der Waals surface area contributed by atoms with Crippen molar-refractivity contribution in [3.05, 3.63) is 80.3 Å². The number of benzene rings is 2. The first kappa shape index (κ1) is 22.6. The van der Waals surface area contributed by atoms with Crippen LogP contribution in [0, 0.1) is 12.8 Å². The van der Waals surface area contributed by atoms with Crippen molar-refractivity contribution in [2.24, 2.45) is 5.92 Å². The minimum Gasteiger partial charge on any atom is -0.465 e. The lowest BCUT2D eigenvalue weighted by atomic mass is 9.83. The van der Waals surface area contributed by atoms with E-state index >= 15 is 0 Å². The van der Waals surface area contributed by atoms with E-state index in [1.54, 1.807) is 19.1 Å². The van der Waals surface area contributed by atoms with Gasteiger partial charge < -0.3 is 4.74 Å². The van der Waals surface area contributed by atoms with Crippen molar-refractivity contribution >= 4 is 46.6 Å². The molecule has 3 atom stereocenters. The van der Waals surface area contributed by atoms with Crippen LogP contribution in [-0.4, -0.2) is 34.2 Å². The van der Waals surface area contributed by atoms with Gasteiger partial charge in [0.15, 0.2) is 0 Å². The van der Waals surface area contributed by atoms with Gasteiger partial charge in [0.05, 0.1) is 23.2 Å². The summed E-state index contributed by atoms with van der Waals surface area (Å²) in [7, 11) is 0. The Labute approximate surface area is 204 Å². The quantitative estimate of drug-likeness (QED) is 0.398. The highest BCUT2D eigenvalue weighted by molar-refractivity contribution is 8.00. The number of thiazole rings is 1. The van der Waals surface area contributed by atoms with E-state index in [1.165, 1.54) is 21.2 Å². The van der Waals surface area contributed by atoms with Crippen LogP contribution < -0.4 is 9.77 Å². The van der Waals surface area contributed by atoms with Gasteiger partial charge in [-0.15, -0.1) is 0 Å². The Balaban J connectivity index is 1.63. The van der Waals surface area contributed by atoms with Crippen molar-refractivity contribution in [2.45, 2.75) is 36.6 Å². The second-order valence-electron chi connectivity index (χ2n) is 8.23. The van der Waals surface area contributed by atoms with Crippen molar-refractivity contribution in [1.29, 1.82) is 0 Å². The zero-order chi connectivity index (χ0) is 24.0. The normalized spacial score (nSPS) is 21.4. The van der Waals surface area contributed by atoms with E-state index in [0.717, 1.165) is 22.5 Å². The highest BCUT2D eigenvalue weighted by Gasteiger charge is 2.56. The van der Waals surface area contributed by atoms with Gasteiger partial charge in [0.2, 0.25) is 11.8 Å².